The lowest BCUT2D eigenvalue weighted by Gasteiger charge is -2.20. The molecule has 1 N–H and O–H groups in total. The van der Waals surface area contributed by atoms with Crippen molar-refractivity contribution < 1.29 is 17.9 Å². The van der Waals surface area contributed by atoms with E-state index in [1.54, 1.807) is 7.11 Å². The van der Waals surface area contributed by atoms with Crippen molar-refractivity contribution in [3.63, 3.8) is 0 Å². The maximum atomic E-state index is 12.0. The first-order valence-corrected chi connectivity index (χ1v) is 9.56. The minimum absolute atomic E-state index is 0.164. The first-order valence-electron chi connectivity index (χ1n) is 7.72. The summed E-state index contributed by atoms with van der Waals surface area (Å²) in [6, 6.07) is 7.33. The highest BCUT2D eigenvalue weighted by atomic mass is 32.2. The third-order valence-corrected chi connectivity index (χ3v) is 4.70. The maximum Gasteiger partial charge on any atom is 0.235 e. The molecule has 0 aliphatic heterocycles. The van der Waals surface area contributed by atoms with Crippen LogP contribution in [0.3, 0.4) is 0 Å². The van der Waals surface area contributed by atoms with Crippen LogP contribution >= 0.6 is 0 Å². The second-order valence-corrected chi connectivity index (χ2v) is 7.86. The molecule has 1 aromatic rings. The van der Waals surface area contributed by atoms with Gasteiger partial charge in [0.1, 0.15) is 5.75 Å². The van der Waals surface area contributed by atoms with Crippen LogP contribution in [-0.2, 0) is 21.4 Å². The molecular weight excluding hydrogens is 330 g/mol. The number of hydrogen-bond donors (Lipinski definition) is 1. The van der Waals surface area contributed by atoms with E-state index in [4.69, 9.17) is 4.74 Å². The summed E-state index contributed by atoms with van der Waals surface area (Å²) in [6.45, 7) is 1.27. The van der Waals surface area contributed by atoms with Crippen molar-refractivity contribution in [1.82, 2.24) is 14.5 Å². The fourth-order valence-corrected chi connectivity index (χ4v) is 2.90. The van der Waals surface area contributed by atoms with E-state index < -0.39 is 10.0 Å². The second kappa shape index (κ2) is 9.61. The average molecular weight is 357 g/mol. The summed E-state index contributed by atoms with van der Waals surface area (Å²) < 4.78 is 29.9. The Morgan fingerprint density at radius 1 is 1.17 bits per heavy atom. The predicted molar refractivity (Wildman–Crippen MR) is 94.4 cm³/mol. The molecule has 0 unspecified atom stereocenters. The van der Waals surface area contributed by atoms with E-state index in [0.29, 0.717) is 19.5 Å². The molecule has 0 bridgehead atoms. The zero-order chi connectivity index (χ0) is 18.2. The zero-order valence-electron chi connectivity index (χ0n) is 14.8. The molecule has 0 saturated carbocycles. The Hall–Kier alpha value is -1.64. The Labute approximate surface area is 144 Å². The Balaban J connectivity index is 2.51. The molecule has 1 amide bonds. The third kappa shape index (κ3) is 7.76. The van der Waals surface area contributed by atoms with Crippen molar-refractivity contribution in [3.8, 4) is 5.75 Å². The van der Waals surface area contributed by atoms with E-state index in [9.17, 15) is 13.2 Å². The minimum Gasteiger partial charge on any atom is -0.497 e. The number of hydrogen-bond acceptors (Lipinski definition) is 5. The number of amides is 1. The van der Waals surface area contributed by atoms with Crippen molar-refractivity contribution in [2.75, 3.05) is 47.1 Å². The van der Waals surface area contributed by atoms with E-state index in [1.165, 1.54) is 4.31 Å². The molecule has 7 nitrogen and oxygen atoms in total. The molecule has 1 aromatic carbocycles. The highest BCUT2D eigenvalue weighted by Crippen LogP contribution is 2.11. The lowest BCUT2D eigenvalue weighted by molar-refractivity contribution is -0.121. The number of carbonyl (C=O) groups excluding carboxylic acids is 1. The van der Waals surface area contributed by atoms with Gasteiger partial charge in [-0.3, -0.25) is 4.79 Å². The monoisotopic (exact) mass is 357 g/mol. The first-order chi connectivity index (χ1) is 11.2. The molecule has 0 radical (unpaired) electrons. The van der Waals surface area contributed by atoms with Crippen LogP contribution in [0.5, 0.6) is 5.75 Å². The maximum absolute atomic E-state index is 12.0. The summed E-state index contributed by atoms with van der Waals surface area (Å²) in [6.07, 6.45) is 1.80. The van der Waals surface area contributed by atoms with Crippen LogP contribution in [0.4, 0.5) is 0 Å². The van der Waals surface area contributed by atoms with Crippen molar-refractivity contribution in [2.24, 2.45) is 0 Å². The van der Waals surface area contributed by atoms with Crippen LogP contribution in [-0.4, -0.2) is 70.6 Å². The Kier molecular flexibility index (Phi) is 8.17. The molecule has 0 spiro atoms. The standard InChI is InChI=1S/C16H27N3O4S/c1-18(2)10-5-11-19(24(4,21)22)13-16(20)17-12-14-6-8-15(23-3)9-7-14/h6-9H,5,10-13H2,1-4H3,(H,17,20). The number of ether oxygens (including phenoxy) is 1. The second-order valence-electron chi connectivity index (χ2n) is 5.88. The number of carbonyl (C=O) groups is 1. The summed E-state index contributed by atoms with van der Waals surface area (Å²) in [5, 5.41) is 2.74. The Bertz CT molecular complexity index is 615. The number of rotatable bonds is 10. The highest BCUT2D eigenvalue weighted by Gasteiger charge is 2.19. The van der Waals surface area contributed by atoms with E-state index in [1.807, 2.05) is 43.3 Å². The van der Waals surface area contributed by atoms with Gasteiger partial charge in [0.2, 0.25) is 15.9 Å². The van der Waals surface area contributed by atoms with Crippen molar-refractivity contribution >= 4 is 15.9 Å². The fraction of sp³-hybridized carbons (Fsp3) is 0.562. The molecule has 0 atom stereocenters. The van der Waals surface area contributed by atoms with Gasteiger partial charge in [-0.25, -0.2) is 8.42 Å². The quantitative estimate of drug-likeness (QED) is 0.661. The van der Waals surface area contributed by atoms with Gasteiger partial charge in [0.25, 0.3) is 0 Å². The van der Waals surface area contributed by atoms with E-state index in [0.717, 1.165) is 24.1 Å². The van der Waals surface area contributed by atoms with Crippen LogP contribution in [0.25, 0.3) is 0 Å². The van der Waals surface area contributed by atoms with Crippen LogP contribution in [0.1, 0.15) is 12.0 Å². The molecule has 24 heavy (non-hydrogen) atoms. The third-order valence-electron chi connectivity index (χ3n) is 3.45. The van der Waals surface area contributed by atoms with Gasteiger partial charge in [-0.15, -0.1) is 0 Å². The lowest BCUT2D eigenvalue weighted by atomic mass is 10.2. The molecular formula is C16H27N3O4S. The number of benzene rings is 1. The van der Waals surface area contributed by atoms with E-state index >= 15 is 0 Å². The summed E-state index contributed by atoms with van der Waals surface area (Å²) in [5.74, 6) is 0.426. The highest BCUT2D eigenvalue weighted by molar-refractivity contribution is 7.88. The smallest absolute Gasteiger partial charge is 0.235 e. The van der Waals surface area contributed by atoms with Gasteiger partial charge in [0.05, 0.1) is 19.9 Å². The van der Waals surface area contributed by atoms with Gasteiger partial charge in [0.15, 0.2) is 0 Å². The molecule has 136 valence electrons. The predicted octanol–water partition coefficient (Wildman–Crippen LogP) is 0.525. The zero-order valence-corrected chi connectivity index (χ0v) is 15.6. The first kappa shape index (κ1) is 20.4. The number of nitrogens with one attached hydrogen (secondary N) is 1. The number of nitrogens with zero attached hydrogens (tertiary/aromatic N) is 2. The van der Waals surface area contributed by atoms with Gasteiger partial charge < -0.3 is 15.0 Å². The molecule has 0 saturated heterocycles. The number of sulfonamides is 1. The SMILES string of the molecule is COc1ccc(CNC(=O)CN(CCCN(C)C)S(C)(=O)=O)cc1. The van der Waals surface area contributed by atoms with Crippen LogP contribution in [0.15, 0.2) is 24.3 Å². The summed E-state index contributed by atoms with van der Waals surface area (Å²) in [5.41, 5.74) is 0.919. The summed E-state index contributed by atoms with van der Waals surface area (Å²) in [4.78, 5) is 14.0. The van der Waals surface area contributed by atoms with Gasteiger partial charge in [-0.1, -0.05) is 12.1 Å². The fourth-order valence-electron chi connectivity index (χ4n) is 2.09. The number of methoxy groups -OCH3 is 1. The van der Waals surface area contributed by atoms with Crippen LogP contribution in [0.2, 0.25) is 0 Å². The molecule has 1 rings (SSSR count). The molecule has 0 fully saturated rings. The largest absolute Gasteiger partial charge is 0.497 e. The molecule has 0 aliphatic carbocycles. The topological polar surface area (TPSA) is 79.0 Å². The molecule has 0 heterocycles. The van der Waals surface area contributed by atoms with Crippen molar-refractivity contribution in [1.29, 1.82) is 0 Å². The Morgan fingerprint density at radius 2 is 1.79 bits per heavy atom. The molecule has 8 heteroatoms. The van der Waals surface area contributed by atoms with E-state index in [-0.39, 0.29) is 12.5 Å². The van der Waals surface area contributed by atoms with Gasteiger partial charge in [-0.05, 0) is 44.8 Å². The van der Waals surface area contributed by atoms with Gasteiger partial charge >= 0.3 is 0 Å². The molecule has 0 aliphatic rings. The van der Waals surface area contributed by atoms with Crippen LogP contribution in [0, 0.1) is 0 Å². The van der Waals surface area contributed by atoms with Crippen LogP contribution < -0.4 is 10.1 Å². The summed E-state index contributed by atoms with van der Waals surface area (Å²) >= 11 is 0. The van der Waals surface area contributed by atoms with Gasteiger partial charge in [0, 0.05) is 13.1 Å². The van der Waals surface area contributed by atoms with Gasteiger partial charge in [-0.2, -0.15) is 4.31 Å². The van der Waals surface area contributed by atoms with Crippen molar-refractivity contribution in [3.05, 3.63) is 29.8 Å². The molecule has 0 aromatic heterocycles. The average Bonchev–Trinajstić information content (AvgIpc) is 2.51. The summed E-state index contributed by atoms with van der Waals surface area (Å²) in [7, 11) is 2.02. The normalized spacial score (nSPS) is 11.8. The van der Waals surface area contributed by atoms with Crippen molar-refractivity contribution in [2.45, 2.75) is 13.0 Å². The lowest BCUT2D eigenvalue weighted by Crippen LogP contribution is -2.41. The van der Waals surface area contributed by atoms with E-state index in [2.05, 4.69) is 5.32 Å². The minimum atomic E-state index is -3.41. The Morgan fingerprint density at radius 3 is 2.29 bits per heavy atom.